The van der Waals surface area contributed by atoms with E-state index in [1.165, 1.54) is 24.0 Å². The van der Waals surface area contributed by atoms with Crippen LogP contribution in [0, 0.1) is 17.8 Å². The third-order valence-corrected chi connectivity index (χ3v) is 6.99. The number of aryl methyl sites for hydroxylation is 1. The number of carbonyl (C=O) groups is 1. The van der Waals surface area contributed by atoms with E-state index < -0.39 is 0 Å². The average molecular weight is 388 g/mol. The Morgan fingerprint density at radius 2 is 1.83 bits per heavy atom. The van der Waals surface area contributed by atoms with Crippen LogP contribution in [0.1, 0.15) is 42.9 Å². The summed E-state index contributed by atoms with van der Waals surface area (Å²) in [6, 6.07) is 18.5. The van der Waals surface area contributed by atoms with Gasteiger partial charge in [-0.2, -0.15) is 0 Å². The minimum Gasteiger partial charge on any atom is -0.484 e. The van der Waals surface area contributed by atoms with E-state index in [4.69, 9.17) is 4.74 Å². The number of ether oxygens (including phenoxy) is 1. The Kier molecular flexibility index (Phi) is 5.13. The van der Waals surface area contributed by atoms with E-state index in [1.54, 1.807) is 0 Å². The molecule has 0 aliphatic heterocycles. The molecule has 2 aromatic rings. The number of amides is 1. The van der Waals surface area contributed by atoms with Gasteiger partial charge < -0.3 is 9.64 Å². The van der Waals surface area contributed by atoms with Crippen LogP contribution in [-0.2, 0) is 11.2 Å². The third kappa shape index (κ3) is 3.83. The highest BCUT2D eigenvalue weighted by atomic mass is 16.5. The topological polar surface area (TPSA) is 29.5 Å². The fourth-order valence-corrected chi connectivity index (χ4v) is 5.56. The van der Waals surface area contributed by atoms with Crippen molar-refractivity contribution in [1.82, 2.24) is 4.90 Å². The molecule has 0 saturated heterocycles. The number of hydrogen-bond donors (Lipinski definition) is 0. The van der Waals surface area contributed by atoms with Gasteiger partial charge in [0.2, 0.25) is 0 Å². The monoisotopic (exact) mass is 387 g/mol. The highest BCUT2D eigenvalue weighted by Crippen LogP contribution is 2.45. The molecule has 0 N–H and O–H groups in total. The van der Waals surface area contributed by atoms with Crippen molar-refractivity contribution in [3.8, 4) is 5.75 Å². The molecule has 29 heavy (non-hydrogen) atoms. The van der Waals surface area contributed by atoms with Crippen LogP contribution in [-0.4, -0.2) is 24.0 Å². The van der Waals surface area contributed by atoms with Crippen LogP contribution < -0.4 is 4.74 Å². The number of carbonyl (C=O) groups excluding carboxylic acids is 1. The first kappa shape index (κ1) is 18.5. The van der Waals surface area contributed by atoms with E-state index in [9.17, 15) is 4.79 Å². The summed E-state index contributed by atoms with van der Waals surface area (Å²) in [5, 5.41) is 0. The number of allylic oxidation sites excluding steroid dienone is 2. The molecule has 0 unspecified atom stereocenters. The number of benzene rings is 2. The van der Waals surface area contributed by atoms with Crippen molar-refractivity contribution >= 4 is 5.91 Å². The molecule has 1 fully saturated rings. The van der Waals surface area contributed by atoms with Gasteiger partial charge in [-0.3, -0.25) is 4.79 Å². The van der Waals surface area contributed by atoms with E-state index >= 15 is 0 Å². The van der Waals surface area contributed by atoms with Gasteiger partial charge in [-0.25, -0.2) is 0 Å². The predicted octanol–water partition coefficient (Wildman–Crippen LogP) is 5.18. The van der Waals surface area contributed by atoms with Crippen LogP contribution in [0.2, 0.25) is 0 Å². The molecule has 3 heteroatoms. The smallest absolute Gasteiger partial charge is 0.261 e. The molecule has 0 heterocycles. The quantitative estimate of drug-likeness (QED) is 0.639. The molecule has 1 amide bonds. The van der Waals surface area contributed by atoms with Crippen LogP contribution in [0.3, 0.4) is 0 Å². The zero-order chi connectivity index (χ0) is 19.6. The summed E-state index contributed by atoms with van der Waals surface area (Å²) in [6.45, 7) is 0.959. The van der Waals surface area contributed by atoms with Crippen molar-refractivity contribution in [3.05, 3.63) is 77.9 Å². The Bertz CT molecular complexity index is 891. The summed E-state index contributed by atoms with van der Waals surface area (Å²) < 4.78 is 5.85. The summed E-state index contributed by atoms with van der Waals surface area (Å²) in [5.74, 6) is 2.82. The lowest BCUT2D eigenvalue weighted by molar-refractivity contribution is -0.137. The first-order chi connectivity index (χ1) is 14.3. The number of nitrogens with zero attached hydrogens (tertiary/aromatic N) is 1. The standard InChI is InChI=1S/C26H29NO2/c28-26(18-29-23-9-2-1-3-10-23)27(17-22-16-19-13-14-21(22)15-19)25-12-6-8-20-7-4-5-11-24(20)25/h1-5,7,9-11,13-14,19,21-22,25H,6,8,12,15-18H2/t19-,21+,22-,25-/m1/s1. The van der Waals surface area contributed by atoms with Crippen LogP contribution in [0.4, 0.5) is 0 Å². The Labute approximate surface area is 173 Å². The molecular formula is C26H29NO2. The molecule has 2 bridgehead atoms. The maximum absolute atomic E-state index is 13.4. The van der Waals surface area contributed by atoms with Gasteiger partial charge >= 0.3 is 0 Å². The molecular weight excluding hydrogens is 358 g/mol. The van der Waals surface area contributed by atoms with Gasteiger partial charge in [0.25, 0.3) is 5.91 Å². The van der Waals surface area contributed by atoms with E-state index in [2.05, 4.69) is 41.3 Å². The van der Waals surface area contributed by atoms with E-state index in [-0.39, 0.29) is 18.6 Å². The lowest BCUT2D eigenvalue weighted by Gasteiger charge is -2.38. The summed E-state index contributed by atoms with van der Waals surface area (Å²) in [5.41, 5.74) is 2.74. The minimum absolute atomic E-state index is 0.110. The zero-order valence-electron chi connectivity index (χ0n) is 16.9. The lowest BCUT2D eigenvalue weighted by atomic mass is 9.85. The number of fused-ring (bicyclic) bond motifs is 3. The zero-order valence-corrected chi connectivity index (χ0v) is 16.9. The normalized spacial score (nSPS) is 26.9. The van der Waals surface area contributed by atoms with Crippen molar-refractivity contribution < 1.29 is 9.53 Å². The minimum atomic E-state index is 0.110. The van der Waals surface area contributed by atoms with Gasteiger partial charge in [0.15, 0.2) is 6.61 Å². The molecule has 0 radical (unpaired) electrons. The molecule has 3 aliphatic rings. The van der Waals surface area contributed by atoms with Crippen molar-refractivity contribution in [3.63, 3.8) is 0 Å². The first-order valence-corrected chi connectivity index (χ1v) is 11.0. The Hall–Kier alpha value is -2.55. The summed E-state index contributed by atoms with van der Waals surface area (Å²) in [4.78, 5) is 15.6. The Balaban J connectivity index is 1.37. The summed E-state index contributed by atoms with van der Waals surface area (Å²) in [6.07, 6.45) is 10.6. The highest BCUT2D eigenvalue weighted by Gasteiger charge is 2.39. The summed E-state index contributed by atoms with van der Waals surface area (Å²) in [7, 11) is 0. The fourth-order valence-electron chi connectivity index (χ4n) is 5.56. The van der Waals surface area contributed by atoms with Crippen molar-refractivity contribution in [2.75, 3.05) is 13.2 Å². The second kappa shape index (κ2) is 8.06. The highest BCUT2D eigenvalue weighted by molar-refractivity contribution is 5.78. The van der Waals surface area contributed by atoms with Gasteiger partial charge in [0, 0.05) is 6.54 Å². The Morgan fingerprint density at radius 1 is 1.00 bits per heavy atom. The molecule has 1 saturated carbocycles. The summed E-state index contributed by atoms with van der Waals surface area (Å²) >= 11 is 0. The number of hydrogen-bond acceptors (Lipinski definition) is 2. The predicted molar refractivity (Wildman–Crippen MR) is 115 cm³/mol. The Morgan fingerprint density at radius 3 is 2.62 bits per heavy atom. The van der Waals surface area contributed by atoms with Crippen LogP contribution in [0.5, 0.6) is 5.75 Å². The van der Waals surface area contributed by atoms with Gasteiger partial charge in [0.05, 0.1) is 6.04 Å². The molecule has 3 nitrogen and oxygen atoms in total. The van der Waals surface area contributed by atoms with Gasteiger partial charge in [-0.1, -0.05) is 54.6 Å². The first-order valence-electron chi connectivity index (χ1n) is 11.0. The molecule has 150 valence electrons. The number of para-hydroxylation sites is 1. The van der Waals surface area contributed by atoms with Crippen molar-refractivity contribution in [2.45, 2.75) is 38.1 Å². The lowest BCUT2D eigenvalue weighted by Crippen LogP contribution is -2.43. The van der Waals surface area contributed by atoms with Gasteiger partial charge in [-0.05, 0) is 73.1 Å². The third-order valence-electron chi connectivity index (χ3n) is 6.99. The fraction of sp³-hybridized carbons (Fsp3) is 0.423. The van der Waals surface area contributed by atoms with E-state index in [0.717, 1.165) is 37.5 Å². The maximum Gasteiger partial charge on any atom is 0.261 e. The van der Waals surface area contributed by atoms with Crippen molar-refractivity contribution in [2.24, 2.45) is 17.8 Å². The SMILES string of the molecule is O=C(COc1ccccc1)N(C[C@H]1C[C@@H]2C=C[C@H]1C2)[C@@H]1CCCc2ccccc21. The second-order valence-electron chi connectivity index (χ2n) is 8.79. The van der Waals surface area contributed by atoms with Crippen molar-refractivity contribution in [1.29, 1.82) is 0 Å². The van der Waals surface area contributed by atoms with Gasteiger partial charge in [-0.15, -0.1) is 0 Å². The van der Waals surface area contributed by atoms with Crippen LogP contribution in [0.15, 0.2) is 66.7 Å². The van der Waals surface area contributed by atoms with E-state index in [1.807, 2.05) is 30.3 Å². The maximum atomic E-state index is 13.4. The molecule has 0 aromatic heterocycles. The second-order valence-corrected chi connectivity index (χ2v) is 8.79. The number of rotatable bonds is 6. The van der Waals surface area contributed by atoms with Crippen LogP contribution in [0.25, 0.3) is 0 Å². The molecule has 5 rings (SSSR count). The van der Waals surface area contributed by atoms with Gasteiger partial charge in [0.1, 0.15) is 5.75 Å². The molecule has 3 aliphatic carbocycles. The average Bonchev–Trinajstić information content (AvgIpc) is 3.40. The van der Waals surface area contributed by atoms with E-state index in [0.29, 0.717) is 11.8 Å². The molecule has 2 aromatic carbocycles. The molecule has 4 atom stereocenters. The molecule has 0 spiro atoms. The van der Waals surface area contributed by atoms with Crippen LogP contribution >= 0.6 is 0 Å². The largest absolute Gasteiger partial charge is 0.484 e.